The number of benzene rings is 1. The number of nitrogen functional groups attached to an aromatic ring is 2. The first-order chi connectivity index (χ1) is 9.58. The van der Waals surface area contributed by atoms with Gasteiger partial charge in [0.2, 0.25) is 11.9 Å². The Morgan fingerprint density at radius 3 is 2.55 bits per heavy atom. The predicted molar refractivity (Wildman–Crippen MR) is 70.8 cm³/mol. The second kappa shape index (κ2) is 5.83. The molecule has 0 radical (unpaired) electrons. The van der Waals surface area contributed by atoms with Crippen LogP contribution in [-0.4, -0.2) is 28.0 Å². The van der Waals surface area contributed by atoms with E-state index in [-0.39, 0.29) is 24.3 Å². The van der Waals surface area contributed by atoms with E-state index in [0.717, 1.165) is 0 Å². The van der Waals surface area contributed by atoms with Gasteiger partial charge in [-0.15, -0.1) is 0 Å². The first-order valence-corrected chi connectivity index (χ1v) is 5.65. The number of esters is 1. The molecule has 8 nitrogen and oxygen atoms in total. The Labute approximate surface area is 114 Å². The summed E-state index contributed by atoms with van der Waals surface area (Å²) in [5.41, 5.74) is 11.2. The number of nitrogens with two attached hydrogens (primary N) is 2. The van der Waals surface area contributed by atoms with Crippen LogP contribution in [0.2, 0.25) is 0 Å². The van der Waals surface area contributed by atoms with Crippen LogP contribution >= 0.6 is 0 Å². The fraction of sp³-hybridized carbons (Fsp3) is 0.167. The molecule has 0 atom stereocenters. The number of rotatable bonds is 4. The number of anilines is 2. The molecule has 104 valence electrons. The molecule has 2 aromatic rings. The topological polar surface area (TPSA) is 126 Å². The molecule has 0 aliphatic carbocycles. The molecular weight excluding hydrogens is 262 g/mol. The predicted octanol–water partition coefficient (Wildman–Crippen LogP) is 0.402. The number of carbonyl (C=O) groups excluding carboxylic acids is 1. The number of methoxy groups -OCH3 is 1. The molecule has 0 fully saturated rings. The minimum absolute atomic E-state index is 0.0232. The Morgan fingerprint density at radius 1 is 1.20 bits per heavy atom. The van der Waals surface area contributed by atoms with Gasteiger partial charge in [0.25, 0.3) is 0 Å². The van der Waals surface area contributed by atoms with E-state index in [0.29, 0.717) is 11.3 Å². The van der Waals surface area contributed by atoms with E-state index in [1.807, 2.05) is 0 Å². The molecule has 0 unspecified atom stereocenters. The first-order valence-electron chi connectivity index (χ1n) is 5.65. The minimum atomic E-state index is -0.526. The molecular formula is C12H13N5O3. The van der Waals surface area contributed by atoms with Crippen molar-refractivity contribution in [2.24, 2.45) is 0 Å². The molecule has 0 saturated heterocycles. The van der Waals surface area contributed by atoms with Gasteiger partial charge < -0.3 is 20.9 Å². The van der Waals surface area contributed by atoms with E-state index in [1.165, 1.54) is 7.11 Å². The Balaban J connectivity index is 2.04. The summed E-state index contributed by atoms with van der Waals surface area (Å²) >= 11 is 0. The van der Waals surface area contributed by atoms with Crippen LogP contribution in [0.1, 0.15) is 16.2 Å². The van der Waals surface area contributed by atoms with Crippen molar-refractivity contribution in [2.75, 3.05) is 18.6 Å². The highest BCUT2D eigenvalue weighted by Gasteiger charge is 2.10. The summed E-state index contributed by atoms with van der Waals surface area (Å²) in [6, 6.07) is 6.60. The van der Waals surface area contributed by atoms with Gasteiger partial charge in [0.05, 0.1) is 12.7 Å². The maximum atomic E-state index is 11.8. The van der Waals surface area contributed by atoms with Crippen LogP contribution in [0.4, 0.5) is 11.9 Å². The van der Waals surface area contributed by atoms with Crippen molar-refractivity contribution in [3.05, 3.63) is 35.7 Å². The van der Waals surface area contributed by atoms with Crippen LogP contribution in [0, 0.1) is 0 Å². The molecule has 20 heavy (non-hydrogen) atoms. The maximum Gasteiger partial charge on any atom is 0.338 e. The van der Waals surface area contributed by atoms with Crippen molar-refractivity contribution in [3.63, 3.8) is 0 Å². The molecule has 1 aromatic carbocycles. The molecule has 4 N–H and O–H groups in total. The summed E-state index contributed by atoms with van der Waals surface area (Å²) < 4.78 is 10.1. The Morgan fingerprint density at radius 2 is 1.90 bits per heavy atom. The third kappa shape index (κ3) is 3.31. The largest absolute Gasteiger partial charge is 0.497 e. The van der Waals surface area contributed by atoms with Crippen LogP contribution in [0.5, 0.6) is 5.75 Å². The second-order valence-electron chi connectivity index (χ2n) is 3.78. The first kappa shape index (κ1) is 13.5. The average molecular weight is 275 g/mol. The molecule has 8 heteroatoms. The summed E-state index contributed by atoms with van der Waals surface area (Å²) in [5.74, 6) is 0.177. The van der Waals surface area contributed by atoms with E-state index >= 15 is 0 Å². The van der Waals surface area contributed by atoms with Gasteiger partial charge >= 0.3 is 5.97 Å². The third-order valence-electron chi connectivity index (χ3n) is 2.35. The normalized spacial score (nSPS) is 10.1. The lowest BCUT2D eigenvalue weighted by molar-refractivity contribution is 0.0462. The second-order valence-corrected chi connectivity index (χ2v) is 3.78. The number of nitrogens with zero attached hydrogens (tertiary/aromatic N) is 3. The van der Waals surface area contributed by atoms with Crippen molar-refractivity contribution in [2.45, 2.75) is 6.61 Å². The standard InChI is InChI=1S/C12H13N5O3/c1-19-8-4-2-3-7(5-8)10(18)20-6-9-15-11(13)17-12(14)16-9/h2-5H,6H2,1H3,(H4,13,14,15,16,17). The van der Waals surface area contributed by atoms with Crippen molar-refractivity contribution in [1.82, 2.24) is 15.0 Å². The minimum Gasteiger partial charge on any atom is -0.497 e. The van der Waals surface area contributed by atoms with Crippen LogP contribution in [0.15, 0.2) is 24.3 Å². The number of aromatic nitrogens is 3. The van der Waals surface area contributed by atoms with Crippen LogP contribution in [0.25, 0.3) is 0 Å². The average Bonchev–Trinajstić information content (AvgIpc) is 2.44. The van der Waals surface area contributed by atoms with Crippen molar-refractivity contribution < 1.29 is 14.3 Å². The Kier molecular flexibility index (Phi) is 3.94. The van der Waals surface area contributed by atoms with Crippen LogP contribution in [0.3, 0.4) is 0 Å². The summed E-state index contributed by atoms with van der Waals surface area (Å²) in [6.07, 6.45) is 0. The smallest absolute Gasteiger partial charge is 0.338 e. The number of ether oxygens (including phenoxy) is 2. The van der Waals surface area contributed by atoms with E-state index < -0.39 is 5.97 Å². The third-order valence-corrected chi connectivity index (χ3v) is 2.35. The van der Waals surface area contributed by atoms with Gasteiger partial charge in [-0.05, 0) is 18.2 Å². The summed E-state index contributed by atoms with van der Waals surface area (Å²) in [7, 11) is 1.51. The van der Waals surface area contributed by atoms with Crippen LogP contribution in [-0.2, 0) is 11.3 Å². The van der Waals surface area contributed by atoms with Gasteiger partial charge in [0.1, 0.15) is 5.75 Å². The highest BCUT2D eigenvalue weighted by molar-refractivity contribution is 5.89. The lowest BCUT2D eigenvalue weighted by Gasteiger charge is -2.06. The summed E-state index contributed by atoms with van der Waals surface area (Å²) in [5, 5.41) is 0. The summed E-state index contributed by atoms with van der Waals surface area (Å²) in [6.45, 7) is -0.146. The van der Waals surface area contributed by atoms with Gasteiger partial charge in [-0.3, -0.25) is 0 Å². The van der Waals surface area contributed by atoms with Crippen molar-refractivity contribution >= 4 is 17.9 Å². The zero-order chi connectivity index (χ0) is 14.5. The highest BCUT2D eigenvalue weighted by Crippen LogP contribution is 2.13. The molecule has 0 bridgehead atoms. The Bertz CT molecular complexity index is 612. The van der Waals surface area contributed by atoms with Gasteiger partial charge in [-0.1, -0.05) is 6.07 Å². The van der Waals surface area contributed by atoms with Gasteiger partial charge in [0, 0.05) is 0 Å². The molecule has 0 aliphatic heterocycles. The fourth-order valence-electron chi connectivity index (χ4n) is 1.48. The van der Waals surface area contributed by atoms with Gasteiger partial charge in [-0.25, -0.2) is 4.79 Å². The maximum absolute atomic E-state index is 11.8. The number of carbonyl (C=O) groups is 1. The number of hydrogen-bond acceptors (Lipinski definition) is 8. The molecule has 0 saturated carbocycles. The molecule has 0 amide bonds. The van der Waals surface area contributed by atoms with E-state index in [1.54, 1.807) is 24.3 Å². The lowest BCUT2D eigenvalue weighted by Crippen LogP contribution is -2.11. The zero-order valence-corrected chi connectivity index (χ0v) is 10.7. The van der Waals surface area contributed by atoms with Crippen molar-refractivity contribution in [3.8, 4) is 5.75 Å². The zero-order valence-electron chi connectivity index (χ0n) is 10.7. The molecule has 0 aliphatic rings. The molecule has 1 aromatic heterocycles. The van der Waals surface area contributed by atoms with E-state index in [9.17, 15) is 4.79 Å². The van der Waals surface area contributed by atoms with Gasteiger partial charge in [0.15, 0.2) is 12.4 Å². The van der Waals surface area contributed by atoms with E-state index in [2.05, 4.69) is 15.0 Å². The number of hydrogen-bond donors (Lipinski definition) is 2. The highest BCUT2D eigenvalue weighted by atomic mass is 16.5. The SMILES string of the molecule is COc1cccc(C(=O)OCc2nc(N)nc(N)n2)c1. The lowest BCUT2D eigenvalue weighted by atomic mass is 10.2. The van der Waals surface area contributed by atoms with Gasteiger partial charge in [-0.2, -0.15) is 15.0 Å². The molecule has 2 rings (SSSR count). The van der Waals surface area contributed by atoms with Crippen molar-refractivity contribution in [1.29, 1.82) is 0 Å². The Hall–Kier alpha value is -2.90. The molecule has 1 heterocycles. The fourth-order valence-corrected chi connectivity index (χ4v) is 1.48. The van der Waals surface area contributed by atoms with Crippen LogP contribution < -0.4 is 16.2 Å². The molecule has 0 spiro atoms. The van der Waals surface area contributed by atoms with E-state index in [4.69, 9.17) is 20.9 Å². The quantitative estimate of drug-likeness (QED) is 0.768. The summed E-state index contributed by atoms with van der Waals surface area (Å²) in [4.78, 5) is 23.1. The monoisotopic (exact) mass is 275 g/mol.